The quantitative estimate of drug-likeness (QED) is 0.778. The largest absolute Gasteiger partial charge is 0.351 e. The molecule has 0 aromatic heterocycles. The van der Waals surface area contributed by atoms with Crippen molar-refractivity contribution in [3.63, 3.8) is 0 Å². The average Bonchev–Trinajstić information content (AvgIpc) is 2.36. The maximum atomic E-state index is 11.7. The van der Waals surface area contributed by atoms with Crippen LogP contribution in [0.25, 0.3) is 0 Å². The van der Waals surface area contributed by atoms with E-state index in [1.54, 1.807) is 6.08 Å². The molecule has 0 radical (unpaired) electrons. The summed E-state index contributed by atoms with van der Waals surface area (Å²) in [4.78, 5) is 11.7. The van der Waals surface area contributed by atoms with Crippen LogP contribution in [0.1, 0.15) is 25.5 Å². The van der Waals surface area contributed by atoms with Gasteiger partial charge in [-0.1, -0.05) is 29.8 Å². The standard InChI is InChI=1S/C14H19ClN2O/c1-4-9-16-14(18)11(3)17-10(2)12-5-7-13(15)8-6-12/h4-8,10-11,17H,1,9H2,2-3H3,(H,16,18)/t10-,11?/m0/s1. The Balaban J connectivity index is 2.53. The Morgan fingerprint density at radius 2 is 2.00 bits per heavy atom. The highest BCUT2D eigenvalue weighted by atomic mass is 35.5. The van der Waals surface area contributed by atoms with Crippen LogP contribution in [-0.4, -0.2) is 18.5 Å². The molecule has 98 valence electrons. The number of carbonyl (C=O) groups excluding carboxylic acids is 1. The minimum absolute atomic E-state index is 0.0317. The molecule has 0 fully saturated rings. The maximum Gasteiger partial charge on any atom is 0.237 e. The van der Waals surface area contributed by atoms with Crippen LogP contribution in [0.4, 0.5) is 0 Å². The van der Waals surface area contributed by atoms with Gasteiger partial charge in [0.05, 0.1) is 6.04 Å². The molecule has 1 unspecified atom stereocenters. The highest BCUT2D eigenvalue weighted by Crippen LogP contribution is 2.16. The Morgan fingerprint density at radius 3 is 2.56 bits per heavy atom. The van der Waals surface area contributed by atoms with Crippen molar-refractivity contribution in [2.45, 2.75) is 25.9 Å². The Morgan fingerprint density at radius 1 is 1.39 bits per heavy atom. The highest BCUT2D eigenvalue weighted by Gasteiger charge is 2.15. The SMILES string of the molecule is C=CCNC(=O)C(C)N[C@@H](C)c1ccc(Cl)cc1. The number of amides is 1. The number of rotatable bonds is 6. The highest BCUT2D eigenvalue weighted by molar-refractivity contribution is 6.30. The first-order chi connectivity index (χ1) is 8.54. The fraction of sp³-hybridized carbons (Fsp3) is 0.357. The lowest BCUT2D eigenvalue weighted by Gasteiger charge is -2.19. The van der Waals surface area contributed by atoms with Gasteiger partial charge in [-0.25, -0.2) is 0 Å². The van der Waals surface area contributed by atoms with Crippen LogP contribution in [-0.2, 0) is 4.79 Å². The Bertz CT molecular complexity index is 403. The molecule has 0 heterocycles. The Kier molecular flexibility index (Phi) is 5.89. The zero-order valence-corrected chi connectivity index (χ0v) is 11.5. The molecule has 0 aliphatic carbocycles. The average molecular weight is 267 g/mol. The molecule has 2 atom stereocenters. The fourth-order valence-corrected chi connectivity index (χ4v) is 1.75. The minimum atomic E-state index is -0.254. The number of nitrogens with one attached hydrogen (secondary N) is 2. The van der Waals surface area contributed by atoms with E-state index in [1.807, 2.05) is 38.1 Å². The number of halogens is 1. The molecule has 0 spiro atoms. The molecular formula is C14H19ClN2O. The third-order valence-electron chi connectivity index (χ3n) is 2.68. The molecule has 1 rings (SSSR count). The monoisotopic (exact) mass is 266 g/mol. The summed E-state index contributed by atoms with van der Waals surface area (Å²) in [6.45, 7) is 7.90. The van der Waals surface area contributed by atoms with Gasteiger partial charge in [-0.05, 0) is 31.5 Å². The molecule has 0 saturated carbocycles. The van der Waals surface area contributed by atoms with Gasteiger partial charge >= 0.3 is 0 Å². The van der Waals surface area contributed by atoms with Gasteiger partial charge in [0.2, 0.25) is 5.91 Å². The zero-order valence-electron chi connectivity index (χ0n) is 10.7. The first-order valence-corrected chi connectivity index (χ1v) is 6.32. The summed E-state index contributed by atoms with van der Waals surface area (Å²) in [6.07, 6.45) is 1.66. The molecule has 2 N–H and O–H groups in total. The second kappa shape index (κ2) is 7.19. The van der Waals surface area contributed by atoms with Crippen LogP contribution >= 0.6 is 11.6 Å². The lowest BCUT2D eigenvalue weighted by molar-refractivity contribution is -0.122. The summed E-state index contributed by atoms with van der Waals surface area (Å²) in [5, 5.41) is 6.70. The van der Waals surface area contributed by atoms with Crippen molar-refractivity contribution in [2.24, 2.45) is 0 Å². The van der Waals surface area contributed by atoms with Crippen LogP contribution in [0.3, 0.4) is 0 Å². The van der Waals surface area contributed by atoms with Crippen molar-refractivity contribution >= 4 is 17.5 Å². The van der Waals surface area contributed by atoms with Gasteiger partial charge in [-0.2, -0.15) is 0 Å². The molecule has 0 saturated heterocycles. The van der Waals surface area contributed by atoms with E-state index in [-0.39, 0.29) is 18.0 Å². The van der Waals surface area contributed by atoms with Gasteiger partial charge in [0, 0.05) is 17.6 Å². The van der Waals surface area contributed by atoms with Crippen molar-refractivity contribution in [3.05, 3.63) is 47.5 Å². The number of hydrogen-bond acceptors (Lipinski definition) is 2. The molecule has 1 amide bonds. The molecule has 0 aliphatic heterocycles. The smallest absolute Gasteiger partial charge is 0.237 e. The Hall–Kier alpha value is -1.32. The normalized spacial score (nSPS) is 13.7. The van der Waals surface area contributed by atoms with E-state index >= 15 is 0 Å². The van der Waals surface area contributed by atoms with Crippen LogP contribution in [0.15, 0.2) is 36.9 Å². The summed E-state index contributed by atoms with van der Waals surface area (Å²) in [5.41, 5.74) is 1.10. The van der Waals surface area contributed by atoms with E-state index < -0.39 is 0 Å². The second-order valence-electron chi connectivity index (χ2n) is 4.20. The van der Waals surface area contributed by atoms with Gasteiger partial charge in [-0.15, -0.1) is 6.58 Å². The Labute approximate surface area is 113 Å². The summed E-state index contributed by atoms with van der Waals surface area (Å²) >= 11 is 5.84. The summed E-state index contributed by atoms with van der Waals surface area (Å²) in [5.74, 6) is -0.0317. The molecule has 1 aromatic rings. The molecule has 18 heavy (non-hydrogen) atoms. The van der Waals surface area contributed by atoms with Crippen molar-refractivity contribution in [3.8, 4) is 0 Å². The predicted octanol–water partition coefficient (Wildman–Crippen LogP) is 2.68. The molecular weight excluding hydrogens is 248 g/mol. The second-order valence-corrected chi connectivity index (χ2v) is 4.63. The van der Waals surface area contributed by atoms with E-state index in [2.05, 4.69) is 17.2 Å². The van der Waals surface area contributed by atoms with E-state index in [9.17, 15) is 4.79 Å². The van der Waals surface area contributed by atoms with Gasteiger partial charge in [-0.3, -0.25) is 10.1 Å². The third-order valence-corrected chi connectivity index (χ3v) is 2.94. The van der Waals surface area contributed by atoms with Crippen LogP contribution in [0.2, 0.25) is 5.02 Å². The van der Waals surface area contributed by atoms with Gasteiger partial charge in [0.25, 0.3) is 0 Å². The van der Waals surface area contributed by atoms with E-state index in [0.29, 0.717) is 11.6 Å². The lowest BCUT2D eigenvalue weighted by Crippen LogP contribution is -2.43. The lowest BCUT2D eigenvalue weighted by atomic mass is 10.1. The van der Waals surface area contributed by atoms with Crippen LogP contribution in [0, 0.1) is 0 Å². The van der Waals surface area contributed by atoms with Crippen molar-refractivity contribution in [1.82, 2.24) is 10.6 Å². The van der Waals surface area contributed by atoms with E-state index in [1.165, 1.54) is 0 Å². The summed E-state index contributed by atoms with van der Waals surface area (Å²) in [7, 11) is 0. The van der Waals surface area contributed by atoms with Crippen LogP contribution in [0.5, 0.6) is 0 Å². The first-order valence-electron chi connectivity index (χ1n) is 5.94. The van der Waals surface area contributed by atoms with Crippen molar-refractivity contribution < 1.29 is 4.79 Å². The molecule has 4 heteroatoms. The van der Waals surface area contributed by atoms with Crippen molar-refractivity contribution in [1.29, 1.82) is 0 Å². The number of carbonyl (C=O) groups is 1. The molecule has 0 aliphatic rings. The number of benzene rings is 1. The van der Waals surface area contributed by atoms with Crippen LogP contribution < -0.4 is 10.6 Å². The fourth-order valence-electron chi connectivity index (χ4n) is 1.62. The topological polar surface area (TPSA) is 41.1 Å². The van der Waals surface area contributed by atoms with Gasteiger partial charge in [0.15, 0.2) is 0 Å². The zero-order chi connectivity index (χ0) is 13.5. The predicted molar refractivity (Wildman–Crippen MR) is 75.7 cm³/mol. The number of hydrogen-bond donors (Lipinski definition) is 2. The van der Waals surface area contributed by atoms with E-state index in [0.717, 1.165) is 5.56 Å². The third kappa shape index (κ3) is 4.51. The summed E-state index contributed by atoms with van der Waals surface area (Å²) < 4.78 is 0. The molecule has 0 bridgehead atoms. The van der Waals surface area contributed by atoms with Gasteiger partial charge in [0.1, 0.15) is 0 Å². The molecule has 1 aromatic carbocycles. The minimum Gasteiger partial charge on any atom is -0.351 e. The van der Waals surface area contributed by atoms with E-state index in [4.69, 9.17) is 11.6 Å². The first kappa shape index (κ1) is 14.7. The summed E-state index contributed by atoms with van der Waals surface area (Å²) in [6, 6.07) is 7.43. The van der Waals surface area contributed by atoms with Gasteiger partial charge < -0.3 is 5.32 Å². The maximum absolute atomic E-state index is 11.7. The molecule has 3 nitrogen and oxygen atoms in total. The van der Waals surface area contributed by atoms with Crippen molar-refractivity contribution in [2.75, 3.05) is 6.54 Å².